The molecule has 0 heterocycles. The molecule has 0 aromatic rings. The van der Waals surface area contributed by atoms with Crippen LogP contribution in [0.15, 0.2) is 0 Å². The molecule has 0 atom stereocenters. The molecule has 1 rings (SSSR count). The van der Waals surface area contributed by atoms with Gasteiger partial charge in [0.15, 0.2) is 5.78 Å². The van der Waals surface area contributed by atoms with Crippen LogP contribution in [0.5, 0.6) is 0 Å². The summed E-state index contributed by atoms with van der Waals surface area (Å²) in [4.78, 5) is 14.8. The SMILES string of the molecule is CC(C)C(=O)C1(N(C)C(C)C)CC(C(C)C)C1. The van der Waals surface area contributed by atoms with E-state index in [4.69, 9.17) is 0 Å². The fourth-order valence-electron chi connectivity index (χ4n) is 2.97. The van der Waals surface area contributed by atoms with Crippen molar-refractivity contribution in [3.63, 3.8) is 0 Å². The predicted molar refractivity (Wildman–Crippen MR) is 73.0 cm³/mol. The number of carbonyl (C=O) groups is 1. The Labute approximate surface area is 107 Å². The average molecular weight is 239 g/mol. The van der Waals surface area contributed by atoms with Crippen LogP contribution in [-0.4, -0.2) is 29.3 Å². The van der Waals surface area contributed by atoms with Gasteiger partial charge in [0, 0.05) is 12.0 Å². The van der Waals surface area contributed by atoms with Crippen LogP contribution in [0.25, 0.3) is 0 Å². The van der Waals surface area contributed by atoms with Gasteiger partial charge in [0.1, 0.15) is 0 Å². The molecule has 0 unspecified atom stereocenters. The van der Waals surface area contributed by atoms with Gasteiger partial charge < -0.3 is 0 Å². The summed E-state index contributed by atoms with van der Waals surface area (Å²) in [7, 11) is 2.11. The van der Waals surface area contributed by atoms with Crippen LogP contribution >= 0.6 is 0 Å². The van der Waals surface area contributed by atoms with E-state index in [1.165, 1.54) is 0 Å². The molecule has 0 aromatic carbocycles. The standard InChI is InChI=1S/C15H29NO/c1-10(2)13-8-15(9-13,14(17)11(3)4)16(7)12(5)6/h10-13H,8-9H2,1-7H3. The largest absolute Gasteiger partial charge is 0.297 e. The molecule has 0 N–H and O–H groups in total. The van der Waals surface area contributed by atoms with Crippen molar-refractivity contribution >= 4 is 5.78 Å². The van der Waals surface area contributed by atoms with Crippen LogP contribution in [0.1, 0.15) is 54.4 Å². The van der Waals surface area contributed by atoms with Crippen molar-refractivity contribution < 1.29 is 4.79 Å². The lowest BCUT2D eigenvalue weighted by Crippen LogP contribution is -2.64. The number of nitrogens with zero attached hydrogens (tertiary/aromatic N) is 1. The van der Waals surface area contributed by atoms with Crippen LogP contribution in [0, 0.1) is 17.8 Å². The fraction of sp³-hybridized carbons (Fsp3) is 0.933. The number of rotatable bonds is 5. The molecule has 2 heteroatoms. The lowest BCUT2D eigenvalue weighted by atomic mass is 9.59. The molecule has 0 spiro atoms. The number of Topliss-reactive ketones (excluding diaryl/α,β-unsaturated/α-hetero) is 1. The first kappa shape index (κ1) is 14.7. The van der Waals surface area contributed by atoms with Crippen LogP contribution in [0.3, 0.4) is 0 Å². The van der Waals surface area contributed by atoms with Crippen molar-refractivity contribution in [3.8, 4) is 0 Å². The van der Waals surface area contributed by atoms with Crippen LogP contribution in [0.2, 0.25) is 0 Å². The monoisotopic (exact) mass is 239 g/mol. The third-order valence-corrected chi connectivity index (χ3v) is 4.58. The number of ketones is 1. The Morgan fingerprint density at radius 3 is 1.88 bits per heavy atom. The summed E-state index contributed by atoms with van der Waals surface area (Å²) in [5.41, 5.74) is -0.169. The highest BCUT2D eigenvalue weighted by molar-refractivity contribution is 5.91. The molecule has 0 aromatic heterocycles. The Balaban J connectivity index is 2.87. The van der Waals surface area contributed by atoms with Gasteiger partial charge in [-0.2, -0.15) is 0 Å². The Hall–Kier alpha value is -0.370. The van der Waals surface area contributed by atoms with E-state index in [1.54, 1.807) is 0 Å². The first-order valence-electron chi connectivity index (χ1n) is 6.99. The van der Waals surface area contributed by atoms with Gasteiger partial charge in [0.25, 0.3) is 0 Å². The molecule has 1 fully saturated rings. The van der Waals surface area contributed by atoms with Crippen molar-refractivity contribution in [2.24, 2.45) is 17.8 Å². The number of hydrogen-bond donors (Lipinski definition) is 0. The van der Waals surface area contributed by atoms with E-state index >= 15 is 0 Å². The molecule has 0 bridgehead atoms. The van der Waals surface area contributed by atoms with Crippen molar-refractivity contribution in [1.82, 2.24) is 4.90 Å². The minimum absolute atomic E-state index is 0.143. The molecular weight excluding hydrogens is 210 g/mol. The maximum Gasteiger partial charge on any atom is 0.155 e. The van der Waals surface area contributed by atoms with Crippen molar-refractivity contribution in [3.05, 3.63) is 0 Å². The second-order valence-electron chi connectivity index (χ2n) is 6.67. The second kappa shape index (κ2) is 5.09. The Morgan fingerprint density at radius 1 is 1.12 bits per heavy atom. The zero-order valence-electron chi connectivity index (χ0n) is 12.6. The van der Waals surface area contributed by atoms with Gasteiger partial charge >= 0.3 is 0 Å². The van der Waals surface area contributed by atoms with Gasteiger partial charge in [-0.15, -0.1) is 0 Å². The predicted octanol–water partition coefficient (Wildman–Crippen LogP) is 3.36. The normalized spacial score (nSPS) is 29.2. The summed E-state index contributed by atoms with van der Waals surface area (Å²) in [6, 6.07) is 0.436. The van der Waals surface area contributed by atoms with Gasteiger partial charge in [0.05, 0.1) is 5.54 Å². The topological polar surface area (TPSA) is 20.3 Å². The van der Waals surface area contributed by atoms with Gasteiger partial charge in [-0.25, -0.2) is 0 Å². The molecular formula is C15H29NO. The van der Waals surface area contributed by atoms with E-state index in [-0.39, 0.29) is 11.5 Å². The Morgan fingerprint density at radius 2 is 1.59 bits per heavy atom. The Kier molecular flexibility index (Phi) is 4.40. The van der Waals surface area contributed by atoms with Crippen LogP contribution in [0.4, 0.5) is 0 Å². The summed E-state index contributed by atoms with van der Waals surface area (Å²) in [5, 5.41) is 0. The third kappa shape index (κ3) is 2.57. The molecule has 0 amide bonds. The van der Waals surface area contributed by atoms with E-state index in [2.05, 4.69) is 39.6 Å². The van der Waals surface area contributed by atoms with Gasteiger partial charge in [-0.05, 0) is 45.6 Å². The summed E-state index contributed by atoms with van der Waals surface area (Å²) in [5.74, 6) is 2.00. The Bertz CT molecular complexity index is 275. The summed E-state index contributed by atoms with van der Waals surface area (Å²) in [6.07, 6.45) is 2.10. The molecule has 0 aliphatic heterocycles. The maximum absolute atomic E-state index is 12.5. The highest BCUT2D eigenvalue weighted by Gasteiger charge is 2.53. The van der Waals surface area contributed by atoms with Crippen molar-refractivity contribution in [1.29, 1.82) is 0 Å². The number of hydrogen-bond acceptors (Lipinski definition) is 2. The zero-order valence-corrected chi connectivity index (χ0v) is 12.6. The maximum atomic E-state index is 12.5. The van der Waals surface area contributed by atoms with Crippen LogP contribution in [-0.2, 0) is 4.79 Å². The highest BCUT2D eigenvalue weighted by Crippen LogP contribution is 2.47. The molecule has 2 nitrogen and oxygen atoms in total. The molecule has 1 aliphatic rings. The lowest BCUT2D eigenvalue weighted by Gasteiger charge is -2.55. The summed E-state index contributed by atoms with van der Waals surface area (Å²) >= 11 is 0. The van der Waals surface area contributed by atoms with Crippen molar-refractivity contribution in [2.45, 2.75) is 66.0 Å². The molecule has 0 radical (unpaired) electrons. The molecule has 100 valence electrons. The van der Waals surface area contributed by atoms with E-state index in [0.717, 1.165) is 18.8 Å². The van der Waals surface area contributed by atoms with Gasteiger partial charge in [-0.1, -0.05) is 27.7 Å². The highest BCUT2D eigenvalue weighted by atomic mass is 16.1. The minimum atomic E-state index is -0.169. The van der Waals surface area contributed by atoms with E-state index in [1.807, 2.05) is 13.8 Å². The fourth-order valence-corrected chi connectivity index (χ4v) is 2.97. The average Bonchev–Trinajstić information content (AvgIpc) is 2.14. The number of likely N-dealkylation sites (N-methyl/N-ethyl adjacent to an activating group) is 1. The minimum Gasteiger partial charge on any atom is -0.297 e. The molecule has 17 heavy (non-hydrogen) atoms. The van der Waals surface area contributed by atoms with Gasteiger partial charge in [-0.3, -0.25) is 9.69 Å². The van der Waals surface area contributed by atoms with Crippen LogP contribution < -0.4 is 0 Å². The van der Waals surface area contributed by atoms with E-state index in [0.29, 0.717) is 17.7 Å². The van der Waals surface area contributed by atoms with Gasteiger partial charge in [0.2, 0.25) is 0 Å². The molecule has 1 saturated carbocycles. The summed E-state index contributed by atoms with van der Waals surface area (Å²) < 4.78 is 0. The second-order valence-corrected chi connectivity index (χ2v) is 6.67. The summed E-state index contributed by atoms with van der Waals surface area (Å²) in [6.45, 7) is 13.0. The van der Waals surface area contributed by atoms with E-state index < -0.39 is 0 Å². The first-order chi connectivity index (χ1) is 7.72. The third-order valence-electron chi connectivity index (χ3n) is 4.58. The molecule has 0 saturated heterocycles. The molecule has 1 aliphatic carbocycles. The smallest absolute Gasteiger partial charge is 0.155 e. The lowest BCUT2D eigenvalue weighted by molar-refractivity contribution is -0.147. The first-order valence-corrected chi connectivity index (χ1v) is 6.99. The van der Waals surface area contributed by atoms with E-state index in [9.17, 15) is 4.79 Å². The van der Waals surface area contributed by atoms with Crippen molar-refractivity contribution in [2.75, 3.05) is 7.05 Å². The number of carbonyl (C=O) groups excluding carboxylic acids is 1. The zero-order chi connectivity index (χ0) is 13.4. The quantitative estimate of drug-likeness (QED) is 0.733.